The van der Waals surface area contributed by atoms with Gasteiger partial charge in [-0.2, -0.15) is 0 Å². The van der Waals surface area contributed by atoms with Crippen LogP contribution in [0, 0.1) is 0 Å². The second kappa shape index (κ2) is 3.69. The minimum Gasteiger partial charge on any atom is -0.371 e. The first-order valence-corrected chi connectivity index (χ1v) is 3.75. The van der Waals surface area contributed by atoms with Crippen molar-refractivity contribution >= 4 is 5.91 Å². The number of aliphatic hydroxyl groups excluding tert-OH is 1. The van der Waals surface area contributed by atoms with Gasteiger partial charge in [0.2, 0.25) is 5.91 Å². The highest BCUT2D eigenvalue weighted by Crippen LogP contribution is 2.17. The molecular formula is C7H13NO3. The van der Waals surface area contributed by atoms with Crippen LogP contribution < -0.4 is 0 Å². The van der Waals surface area contributed by atoms with E-state index in [2.05, 4.69) is 0 Å². The predicted molar refractivity (Wildman–Crippen MR) is 38.6 cm³/mol. The Hall–Kier alpha value is -0.610. The van der Waals surface area contributed by atoms with Gasteiger partial charge >= 0.3 is 0 Å². The van der Waals surface area contributed by atoms with E-state index in [1.165, 1.54) is 6.92 Å². The van der Waals surface area contributed by atoms with Gasteiger partial charge in [0.25, 0.3) is 0 Å². The van der Waals surface area contributed by atoms with Crippen LogP contribution in [0.1, 0.15) is 19.8 Å². The van der Waals surface area contributed by atoms with Crippen LogP contribution in [0.15, 0.2) is 0 Å². The van der Waals surface area contributed by atoms with Gasteiger partial charge in [0.15, 0.2) is 0 Å². The summed E-state index contributed by atoms with van der Waals surface area (Å²) in [6.45, 7) is 1.95. The van der Waals surface area contributed by atoms with Crippen molar-refractivity contribution in [3.8, 4) is 0 Å². The van der Waals surface area contributed by atoms with E-state index in [0.717, 1.165) is 19.4 Å². The van der Waals surface area contributed by atoms with E-state index >= 15 is 0 Å². The number of ether oxygens (including phenoxy) is 1. The lowest BCUT2D eigenvalue weighted by atomic mass is 10.4. The Bertz CT molecular complexity index is 149. The molecule has 0 saturated carbocycles. The van der Waals surface area contributed by atoms with E-state index in [-0.39, 0.29) is 18.9 Å². The molecule has 1 atom stereocenters. The van der Waals surface area contributed by atoms with Crippen LogP contribution in [0.2, 0.25) is 0 Å². The fourth-order valence-electron chi connectivity index (χ4n) is 1.36. The molecule has 0 aromatic rings. The highest BCUT2D eigenvalue weighted by Gasteiger charge is 2.26. The molecule has 0 aromatic carbocycles. The van der Waals surface area contributed by atoms with Crippen LogP contribution in [0.25, 0.3) is 0 Å². The van der Waals surface area contributed by atoms with Crippen molar-refractivity contribution in [3.63, 3.8) is 0 Å². The van der Waals surface area contributed by atoms with Gasteiger partial charge < -0.3 is 14.7 Å². The fraction of sp³-hybridized carbons (Fsp3) is 0.857. The van der Waals surface area contributed by atoms with E-state index in [4.69, 9.17) is 9.84 Å². The van der Waals surface area contributed by atoms with Gasteiger partial charge in [0.1, 0.15) is 13.0 Å². The lowest BCUT2D eigenvalue weighted by Crippen LogP contribution is -2.35. The monoisotopic (exact) mass is 159 g/mol. The molecule has 1 aliphatic heterocycles. The average molecular weight is 159 g/mol. The molecule has 0 aromatic heterocycles. The minimum atomic E-state index is -0.311. The number of nitrogens with zero attached hydrogens (tertiary/aromatic N) is 1. The van der Waals surface area contributed by atoms with Crippen molar-refractivity contribution in [2.24, 2.45) is 0 Å². The molecule has 64 valence electrons. The molecule has 11 heavy (non-hydrogen) atoms. The number of hydrogen-bond donors (Lipinski definition) is 1. The van der Waals surface area contributed by atoms with Crippen LogP contribution >= 0.6 is 0 Å². The highest BCUT2D eigenvalue weighted by atomic mass is 16.6. The second-order valence-corrected chi connectivity index (χ2v) is 2.61. The van der Waals surface area contributed by atoms with Crippen molar-refractivity contribution in [3.05, 3.63) is 0 Å². The van der Waals surface area contributed by atoms with Crippen LogP contribution in [-0.2, 0) is 9.53 Å². The number of hydrogen-bond acceptors (Lipinski definition) is 3. The number of aliphatic hydroxyl groups is 1. The lowest BCUT2D eigenvalue weighted by molar-refractivity contribution is -0.147. The molecule has 1 N–H and O–H groups in total. The van der Waals surface area contributed by atoms with Crippen molar-refractivity contribution in [1.29, 1.82) is 0 Å². The second-order valence-electron chi connectivity index (χ2n) is 2.61. The van der Waals surface area contributed by atoms with E-state index in [1.54, 1.807) is 4.90 Å². The number of rotatable bonds is 2. The molecule has 0 radical (unpaired) electrons. The zero-order valence-electron chi connectivity index (χ0n) is 6.62. The third-order valence-electron chi connectivity index (χ3n) is 1.87. The minimum absolute atomic E-state index is 0.0148. The van der Waals surface area contributed by atoms with Crippen LogP contribution in [0.5, 0.6) is 0 Å². The summed E-state index contributed by atoms with van der Waals surface area (Å²) >= 11 is 0. The summed E-state index contributed by atoms with van der Waals surface area (Å²) < 4.78 is 4.94. The zero-order chi connectivity index (χ0) is 8.27. The first-order chi connectivity index (χ1) is 5.25. The molecule has 0 unspecified atom stereocenters. The molecule has 1 aliphatic rings. The smallest absolute Gasteiger partial charge is 0.221 e. The molecule has 1 rings (SSSR count). The number of likely N-dealkylation sites (tertiary alicyclic amines) is 1. The predicted octanol–water partition coefficient (Wildman–Crippen LogP) is -0.0788. The molecule has 0 aliphatic carbocycles. The number of carbonyl (C=O) groups is 1. The van der Waals surface area contributed by atoms with Gasteiger partial charge in [-0.05, 0) is 12.8 Å². The quantitative estimate of drug-likeness (QED) is 0.573. The van der Waals surface area contributed by atoms with Gasteiger partial charge in [-0.15, -0.1) is 0 Å². The maximum atomic E-state index is 10.9. The Kier molecular flexibility index (Phi) is 2.84. The summed E-state index contributed by atoms with van der Waals surface area (Å²) in [7, 11) is 0. The van der Waals surface area contributed by atoms with Crippen molar-refractivity contribution < 1.29 is 14.6 Å². The highest BCUT2D eigenvalue weighted by molar-refractivity contribution is 5.73. The van der Waals surface area contributed by atoms with Gasteiger partial charge in [-0.1, -0.05) is 0 Å². The average Bonchev–Trinajstić information content (AvgIpc) is 2.36. The molecule has 1 saturated heterocycles. The first kappa shape index (κ1) is 8.49. The largest absolute Gasteiger partial charge is 0.371 e. The van der Waals surface area contributed by atoms with Gasteiger partial charge in [-0.25, -0.2) is 0 Å². The molecular weight excluding hydrogens is 146 g/mol. The summed E-state index contributed by atoms with van der Waals surface area (Å²) in [5.41, 5.74) is 0. The SMILES string of the molecule is CC(=O)N1CCC[C@@H]1OCO. The van der Waals surface area contributed by atoms with Crippen LogP contribution in [0.4, 0.5) is 0 Å². The van der Waals surface area contributed by atoms with Crippen molar-refractivity contribution in [2.45, 2.75) is 26.0 Å². The normalized spacial score (nSPS) is 24.2. The Morgan fingerprint density at radius 2 is 2.55 bits per heavy atom. The van der Waals surface area contributed by atoms with Gasteiger partial charge in [-0.3, -0.25) is 4.79 Å². The molecule has 1 fully saturated rings. The topological polar surface area (TPSA) is 49.8 Å². The van der Waals surface area contributed by atoms with E-state index in [9.17, 15) is 4.79 Å². The molecule has 1 amide bonds. The standard InChI is InChI=1S/C7H13NO3/c1-6(10)8-4-2-3-7(8)11-5-9/h7,9H,2-5H2,1H3/t7-/m0/s1. The third-order valence-corrected chi connectivity index (χ3v) is 1.87. The maximum absolute atomic E-state index is 10.9. The maximum Gasteiger partial charge on any atom is 0.221 e. The number of carbonyl (C=O) groups excluding carboxylic acids is 1. The Balaban J connectivity index is 2.44. The zero-order valence-corrected chi connectivity index (χ0v) is 6.62. The molecule has 4 nitrogen and oxygen atoms in total. The summed E-state index contributed by atoms with van der Waals surface area (Å²) in [5.74, 6) is 0.0148. The summed E-state index contributed by atoms with van der Waals surface area (Å²) in [6.07, 6.45) is 1.60. The lowest BCUT2D eigenvalue weighted by Gasteiger charge is -2.21. The summed E-state index contributed by atoms with van der Waals surface area (Å²) in [4.78, 5) is 12.5. The van der Waals surface area contributed by atoms with Crippen molar-refractivity contribution in [2.75, 3.05) is 13.3 Å². The van der Waals surface area contributed by atoms with Crippen LogP contribution in [0.3, 0.4) is 0 Å². The molecule has 1 heterocycles. The van der Waals surface area contributed by atoms with E-state index in [0.29, 0.717) is 0 Å². The Labute approximate surface area is 65.8 Å². The van der Waals surface area contributed by atoms with Gasteiger partial charge in [0, 0.05) is 13.5 Å². The Morgan fingerprint density at radius 3 is 3.09 bits per heavy atom. The van der Waals surface area contributed by atoms with E-state index < -0.39 is 0 Å². The van der Waals surface area contributed by atoms with Gasteiger partial charge in [0.05, 0.1) is 0 Å². The summed E-state index contributed by atoms with van der Waals surface area (Å²) in [5, 5.41) is 8.47. The first-order valence-electron chi connectivity index (χ1n) is 3.75. The third kappa shape index (κ3) is 1.91. The van der Waals surface area contributed by atoms with Crippen molar-refractivity contribution in [1.82, 2.24) is 4.90 Å². The molecule has 4 heteroatoms. The molecule has 0 spiro atoms. The Morgan fingerprint density at radius 1 is 1.82 bits per heavy atom. The fourth-order valence-corrected chi connectivity index (χ4v) is 1.36. The number of amides is 1. The summed E-state index contributed by atoms with van der Waals surface area (Å²) in [6, 6.07) is 0. The van der Waals surface area contributed by atoms with E-state index in [1.807, 2.05) is 0 Å². The molecule has 0 bridgehead atoms. The van der Waals surface area contributed by atoms with Crippen LogP contribution in [-0.4, -0.2) is 35.5 Å².